The van der Waals surface area contributed by atoms with Crippen LogP contribution in [-0.4, -0.2) is 158 Å². The monoisotopic (exact) mass is 1010 g/mol. The lowest BCUT2D eigenvalue weighted by molar-refractivity contribution is -0.0133. The number of aromatic nitrogens is 8. The number of morpholine rings is 1. The average molecular weight is 1010 g/mol. The zero-order valence-corrected chi connectivity index (χ0v) is 41.5. The second-order valence-electron chi connectivity index (χ2n) is 20.7. The van der Waals surface area contributed by atoms with Crippen molar-refractivity contribution in [2.45, 2.75) is 80.7 Å². The van der Waals surface area contributed by atoms with E-state index >= 15 is 0 Å². The minimum absolute atomic E-state index is 0.00849. The van der Waals surface area contributed by atoms with Crippen LogP contribution in [0.4, 0.5) is 40.3 Å². The minimum Gasteiger partial charge on any atom is -0.379 e. The normalized spacial score (nSPS) is 23.6. The van der Waals surface area contributed by atoms with Crippen molar-refractivity contribution in [2.24, 2.45) is 11.5 Å². The first-order valence-electron chi connectivity index (χ1n) is 25.8. The molecule has 6 fully saturated rings. The Balaban J connectivity index is 0.828. The van der Waals surface area contributed by atoms with E-state index in [1.54, 1.807) is 24.5 Å². The van der Waals surface area contributed by atoms with Gasteiger partial charge in [-0.3, -0.25) is 24.7 Å². The van der Waals surface area contributed by atoms with E-state index in [2.05, 4.69) is 87.7 Å². The molecule has 12 rings (SSSR count). The first kappa shape index (κ1) is 47.7. The third-order valence-corrected chi connectivity index (χ3v) is 15.5. The number of anilines is 7. The van der Waals surface area contributed by atoms with E-state index in [0.29, 0.717) is 60.5 Å². The number of hydrogen-bond acceptors (Lipinski definition) is 18. The highest BCUT2D eigenvalue weighted by Gasteiger charge is 2.59. The maximum absolute atomic E-state index is 13.2. The molecule has 74 heavy (non-hydrogen) atoms. The molecular weight excluding hydrogens is 943 g/mol. The summed E-state index contributed by atoms with van der Waals surface area (Å²) in [5, 5.41) is 28.6. The number of ether oxygens (including phenoxy) is 3. The number of aromatic amines is 2. The maximum Gasteiger partial charge on any atom is 0.271 e. The van der Waals surface area contributed by atoms with Gasteiger partial charge in [0.1, 0.15) is 11.4 Å². The topological polar surface area (TPSA) is 281 Å². The largest absolute Gasteiger partial charge is 0.379 e. The average Bonchev–Trinajstić information content (AvgIpc) is 4.05. The molecular formula is C52H63N17O5. The SMILES string of the molecule is CN1CCN(c2ccc(Nc3nc(NC4CCOC5(CC5)C4)c(-c4ccn[nH]4)nc3C(N)=O)cc2C2CC23CC(Nc2nc(Nc4ccc(CN5CCOCC5)cc4)c(C(N)=O)nc2-c2ccn[nH]2)CCO3)CC1. The Morgan fingerprint density at radius 1 is 0.676 bits per heavy atom. The summed E-state index contributed by atoms with van der Waals surface area (Å²) < 4.78 is 18.5. The zero-order chi connectivity index (χ0) is 50.4. The van der Waals surface area contributed by atoms with Crippen LogP contribution in [0.3, 0.4) is 0 Å². The van der Waals surface area contributed by atoms with Crippen LogP contribution in [-0.2, 0) is 20.8 Å². The van der Waals surface area contributed by atoms with Gasteiger partial charge in [-0.05, 0) is 106 Å². The van der Waals surface area contributed by atoms with Crippen LogP contribution in [0.5, 0.6) is 0 Å². The molecule has 4 unspecified atom stereocenters. The number of rotatable bonds is 16. The lowest BCUT2D eigenvalue weighted by atomic mass is 9.95. The molecule has 6 aromatic rings. The highest BCUT2D eigenvalue weighted by Crippen LogP contribution is 2.61. The number of nitrogens with one attached hydrogen (secondary N) is 6. The Morgan fingerprint density at radius 3 is 1.86 bits per heavy atom. The van der Waals surface area contributed by atoms with E-state index < -0.39 is 17.4 Å². The Labute approximate surface area is 428 Å². The zero-order valence-electron chi connectivity index (χ0n) is 41.5. The molecule has 4 aromatic heterocycles. The van der Waals surface area contributed by atoms with Crippen molar-refractivity contribution in [2.75, 3.05) is 98.9 Å². The Hall–Kier alpha value is -7.24. The van der Waals surface area contributed by atoms with E-state index in [0.717, 1.165) is 114 Å². The van der Waals surface area contributed by atoms with Crippen molar-refractivity contribution in [1.82, 2.24) is 50.1 Å². The van der Waals surface area contributed by atoms with Gasteiger partial charge < -0.3 is 56.7 Å². The molecule has 4 atom stereocenters. The third-order valence-electron chi connectivity index (χ3n) is 15.5. The van der Waals surface area contributed by atoms with Gasteiger partial charge in [-0.25, -0.2) is 19.9 Å². The second kappa shape index (κ2) is 19.9. The number of primary amides is 2. The van der Waals surface area contributed by atoms with Crippen LogP contribution in [0.2, 0.25) is 0 Å². The van der Waals surface area contributed by atoms with Crippen LogP contribution < -0.4 is 37.6 Å². The number of nitrogens with two attached hydrogens (primary N) is 2. The molecule has 8 heterocycles. The molecule has 22 nitrogen and oxygen atoms in total. The van der Waals surface area contributed by atoms with Crippen molar-refractivity contribution in [3.05, 3.63) is 89.5 Å². The molecule has 4 aliphatic heterocycles. The number of amides is 2. The van der Waals surface area contributed by atoms with Crippen molar-refractivity contribution in [3.63, 3.8) is 0 Å². The van der Waals surface area contributed by atoms with Crippen LogP contribution >= 0.6 is 0 Å². The molecule has 2 aliphatic carbocycles. The van der Waals surface area contributed by atoms with Gasteiger partial charge in [-0.15, -0.1) is 0 Å². The molecule has 2 aromatic carbocycles. The first-order chi connectivity index (χ1) is 36.1. The number of piperazine rings is 1. The van der Waals surface area contributed by atoms with Gasteiger partial charge in [0.2, 0.25) is 0 Å². The summed E-state index contributed by atoms with van der Waals surface area (Å²) in [6.45, 7) is 8.89. The number of nitrogens with zero attached hydrogens (tertiary/aromatic N) is 9. The van der Waals surface area contributed by atoms with Crippen LogP contribution in [0.15, 0.2) is 67.0 Å². The standard InChI is InChI=1S/C52H63N17O5/c1-67-16-18-69(19-17-67)40-7-6-33(58-50-44(46(54)71)62-41(38-8-14-55-65-38)47(64-50)59-34-10-22-73-51(27-34)12-13-51)26-36(40)37-29-52(37)28-35(11-23-74-52)60-48-42(39-9-15-56-66-39)61-43(45(53)70)49(63-48)57-32-4-2-31(3-5-32)30-68-20-24-72-25-21-68/h2-9,14-15,26,34-35,37H,10-13,16-25,27-30H2,1H3,(H2,53,70)(H2,54,71)(H,55,65)(H,56,66)(H2,57,60,63)(H2,58,59,64). The fraction of sp³-hybridized carbons (Fsp3) is 0.462. The van der Waals surface area contributed by atoms with E-state index in [1.165, 1.54) is 5.56 Å². The summed E-state index contributed by atoms with van der Waals surface area (Å²) in [6.07, 6.45) is 9.25. The van der Waals surface area contributed by atoms with Gasteiger partial charge in [-0.2, -0.15) is 10.2 Å². The lowest BCUT2D eigenvalue weighted by Crippen LogP contribution is -2.45. The molecule has 6 aliphatic rings. The Kier molecular flexibility index (Phi) is 12.8. The Morgan fingerprint density at radius 2 is 1.27 bits per heavy atom. The van der Waals surface area contributed by atoms with Crippen LogP contribution in [0.1, 0.15) is 83.0 Å². The van der Waals surface area contributed by atoms with E-state index in [9.17, 15) is 9.59 Å². The van der Waals surface area contributed by atoms with Gasteiger partial charge in [0, 0.05) is 106 Å². The van der Waals surface area contributed by atoms with Crippen molar-refractivity contribution >= 4 is 52.1 Å². The van der Waals surface area contributed by atoms with E-state index in [-0.39, 0.29) is 46.6 Å². The van der Waals surface area contributed by atoms with Crippen molar-refractivity contribution in [1.29, 1.82) is 0 Å². The number of H-pyrrole nitrogens is 2. The molecule has 2 amide bonds. The summed E-state index contributed by atoms with van der Waals surface area (Å²) in [6, 6.07) is 18.1. The number of hydrogen-bond donors (Lipinski definition) is 8. The molecule has 2 saturated carbocycles. The quantitative estimate of drug-likeness (QED) is 0.0636. The third kappa shape index (κ3) is 10.1. The highest BCUT2D eigenvalue weighted by atomic mass is 16.5. The summed E-state index contributed by atoms with van der Waals surface area (Å²) in [5.41, 5.74) is 18.6. The fourth-order valence-corrected chi connectivity index (χ4v) is 11.2. The summed E-state index contributed by atoms with van der Waals surface area (Å²) in [5.74, 6) is 0.137. The number of likely N-dealkylation sites (N-methyl/N-ethyl adjacent to an activating group) is 1. The van der Waals surface area contributed by atoms with Gasteiger partial charge in [-0.1, -0.05) is 12.1 Å². The predicted molar refractivity (Wildman–Crippen MR) is 279 cm³/mol. The van der Waals surface area contributed by atoms with Crippen molar-refractivity contribution in [3.8, 4) is 22.8 Å². The minimum atomic E-state index is -0.711. The number of carbonyl (C=O) groups excluding carboxylic acids is 2. The van der Waals surface area contributed by atoms with Gasteiger partial charge in [0.25, 0.3) is 11.8 Å². The molecule has 0 radical (unpaired) electrons. The lowest BCUT2D eigenvalue weighted by Gasteiger charge is -2.36. The smallest absolute Gasteiger partial charge is 0.271 e. The van der Waals surface area contributed by atoms with Gasteiger partial charge in [0.15, 0.2) is 34.7 Å². The first-order valence-corrected chi connectivity index (χ1v) is 25.8. The number of carbonyl (C=O) groups is 2. The molecule has 4 saturated heterocycles. The van der Waals surface area contributed by atoms with Crippen LogP contribution in [0, 0.1) is 0 Å². The van der Waals surface area contributed by atoms with Gasteiger partial charge in [0.05, 0.1) is 35.8 Å². The fourth-order valence-electron chi connectivity index (χ4n) is 11.2. The number of benzene rings is 2. The highest BCUT2D eigenvalue weighted by molar-refractivity contribution is 5.98. The summed E-state index contributed by atoms with van der Waals surface area (Å²) in [7, 11) is 2.15. The van der Waals surface area contributed by atoms with Crippen molar-refractivity contribution < 1.29 is 23.8 Å². The molecule has 386 valence electrons. The molecule has 10 N–H and O–H groups in total. The summed E-state index contributed by atoms with van der Waals surface area (Å²) in [4.78, 5) is 53.2. The molecule has 2 spiro atoms. The van der Waals surface area contributed by atoms with Gasteiger partial charge >= 0.3 is 0 Å². The molecule has 0 bridgehead atoms. The second-order valence-corrected chi connectivity index (χ2v) is 20.7. The van der Waals surface area contributed by atoms with E-state index in [4.69, 9.17) is 45.6 Å². The molecule has 22 heteroatoms. The predicted octanol–water partition coefficient (Wildman–Crippen LogP) is 4.96. The summed E-state index contributed by atoms with van der Waals surface area (Å²) >= 11 is 0. The maximum atomic E-state index is 13.2. The van der Waals surface area contributed by atoms with Crippen LogP contribution in [0.25, 0.3) is 22.8 Å². The Bertz CT molecular complexity index is 2990. The van der Waals surface area contributed by atoms with E-state index in [1.807, 2.05) is 18.2 Å².